The van der Waals surface area contributed by atoms with Crippen molar-refractivity contribution in [3.05, 3.63) is 54.6 Å². The predicted octanol–water partition coefficient (Wildman–Crippen LogP) is 3.74. The van der Waals surface area contributed by atoms with Crippen molar-refractivity contribution in [2.75, 3.05) is 11.2 Å². The highest BCUT2D eigenvalue weighted by Crippen LogP contribution is 2.15. The van der Waals surface area contributed by atoms with Crippen LogP contribution in [0.3, 0.4) is 0 Å². The first kappa shape index (κ1) is 17.2. The summed E-state index contributed by atoms with van der Waals surface area (Å²) in [5, 5.41) is 2.78. The average molecular weight is 306 g/mol. The number of hydrogen-bond acceptors (Lipinski definition) is 2. The van der Waals surface area contributed by atoms with Crippen LogP contribution in [-0.4, -0.2) is 17.6 Å². The van der Waals surface area contributed by atoms with Crippen molar-refractivity contribution in [2.45, 2.75) is 19.8 Å². The normalized spacial score (nSPS) is 12.1. The fraction of sp³-hybridized carbons (Fsp3) is 0.294. The molecule has 0 radical (unpaired) electrons. The zero-order chi connectivity index (χ0) is 15.7. The molecule has 0 saturated heterocycles. The molecule has 3 nitrogen and oxygen atoms in total. The zero-order valence-electron chi connectivity index (χ0n) is 12.1. The van der Waals surface area contributed by atoms with E-state index in [0.29, 0.717) is 12.1 Å². The molecule has 112 valence electrons. The number of alkyl halides is 1. The fourth-order valence-electron chi connectivity index (χ4n) is 1.89. The van der Waals surface area contributed by atoms with Crippen molar-refractivity contribution < 1.29 is 9.59 Å². The molecule has 0 aromatic heterocycles. The number of carbonyl (C=O) groups is 2. The van der Waals surface area contributed by atoms with Crippen molar-refractivity contribution >= 4 is 29.0 Å². The molecular weight excluding hydrogens is 286 g/mol. The highest BCUT2D eigenvalue weighted by atomic mass is 35.5. The Bertz CT molecular complexity index is 537. The van der Waals surface area contributed by atoms with Gasteiger partial charge in [0.05, 0.1) is 0 Å². The first-order valence-corrected chi connectivity index (χ1v) is 7.42. The van der Waals surface area contributed by atoms with E-state index >= 15 is 0 Å². The molecule has 1 aromatic carbocycles. The second-order valence-corrected chi connectivity index (χ2v) is 4.89. The minimum atomic E-state index is -0.771. The van der Waals surface area contributed by atoms with Gasteiger partial charge in [0.15, 0.2) is 5.78 Å². The van der Waals surface area contributed by atoms with Crippen molar-refractivity contribution in [1.82, 2.24) is 0 Å². The van der Waals surface area contributed by atoms with Gasteiger partial charge in [0.2, 0.25) is 5.91 Å². The van der Waals surface area contributed by atoms with E-state index in [9.17, 15) is 9.59 Å². The van der Waals surface area contributed by atoms with Crippen LogP contribution in [0.1, 0.15) is 18.9 Å². The van der Waals surface area contributed by atoms with Crippen molar-refractivity contribution in [1.29, 1.82) is 0 Å². The van der Waals surface area contributed by atoms with E-state index in [0.717, 1.165) is 12.0 Å². The Balaban J connectivity index is 2.83. The molecule has 0 fully saturated rings. The smallest absolute Gasteiger partial charge is 0.235 e. The topological polar surface area (TPSA) is 46.2 Å². The molecule has 1 amide bonds. The van der Waals surface area contributed by atoms with Crippen LogP contribution in [0.5, 0.6) is 0 Å². The van der Waals surface area contributed by atoms with E-state index in [-0.39, 0.29) is 17.6 Å². The Morgan fingerprint density at radius 2 is 2.19 bits per heavy atom. The molecule has 0 saturated carbocycles. The molecule has 0 aliphatic heterocycles. The van der Waals surface area contributed by atoms with Gasteiger partial charge in [0, 0.05) is 11.6 Å². The molecule has 0 bridgehead atoms. The minimum Gasteiger partial charge on any atom is -0.325 e. The minimum absolute atomic E-state index is 0.243. The Morgan fingerprint density at radius 3 is 2.81 bits per heavy atom. The second kappa shape index (κ2) is 9.14. The number of aryl methyl sites for hydroxylation is 1. The van der Waals surface area contributed by atoms with Crippen molar-refractivity contribution in [3.8, 4) is 0 Å². The summed E-state index contributed by atoms with van der Waals surface area (Å²) >= 11 is 5.51. The first-order chi connectivity index (χ1) is 10.1. The predicted molar refractivity (Wildman–Crippen MR) is 87.6 cm³/mol. The number of rotatable bonds is 8. The highest BCUT2D eigenvalue weighted by molar-refractivity contribution is 6.19. The van der Waals surface area contributed by atoms with Crippen LogP contribution in [0.25, 0.3) is 0 Å². The zero-order valence-corrected chi connectivity index (χ0v) is 12.9. The lowest BCUT2D eigenvalue weighted by atomic mass is 9.98. The summed E-state index contributed by atoms with van der Waals surface area (Å²) in [6.07, 6.45) is 5.63. The number of carbonyl (C=O) groups excluding carboxylic acids is 2. The summed E-state index contributed by atoms with van der Waals surface area (Å²) in [4.78, 5) is 24.3. The Labute approximate surface area is 130 Å². The van der Waals surface area contributed by atoms with Gasteiger partial charge in [-0.1, -0.05) is 31.2 Å². The molecule has 1 atom stereocenters. The third-order valence-electron chi connectivity index (χ3n) is 3.04. The number of halogens is 1. The second-order valence-electron chi connectivity index (χ2n) is 4.58. The summed E-state index contributed by atoms with van der Waals surface area (Å²) in [6.45, 7) is 5.64. The van der Waals surface area contributed by atoms with Gasteiger partial charge in [-0.2, -0.15) is 0 Å². The molecule has 21 heavy (non-hydrogen) atoms. The first-order valence-electron chi connectivity index (χ1n) is 6.89. The molecule has 0 spiro atoms. The molecule has 0 aliphatic rings. The lowest BCUT2D eigenvalue weighted by Crippen LogP contribution is -2.28. The molecule has 1 N–H and O–H groups in total. The van der Waals surface area contributed by atoms with Gasteiger partial charge in [0.1, 0.15) is 5.92 Å². The van der Waals surface area contributed by atoms with Gasteiger partial charge in [-0.05, 0) is 36.6 Å². The summed E-state index contributed by atoms with van der Waals surface area (Å²) in [6, 6.07) is 7.58. The maximum atomic E-state index is 12.3. The van der Waals surface area contributed by atoms with Gasteiger partial charge < -0.3 is 5.32 Å². The number of anilines is 1. The van der Waals surface area contributed by atoms with Crippen molar-refractivity contribution in [3.63, 3.8) is 0 Å². The number of amides is 1. The molecule has 1 unspecified atom stereocenters. The molecule has 0 aliphatic carbocycles. The number of ketones is 1. The standard InChI is InChI=1S/C17H20ClNO2/c1-3-7-15(16(20)10-6-11-18)17(21)19-14-9-5-8-13(4-2)12-14/h3,5-6,8-10,12,15H,1,4,7,11H2,2H3,(H,19,21)/b10-6-. The number of hydrogen-bond donors (Lipinski definition) is 1. The van der Waals surface area contributed by atoms with Crippen LogP contribution < -0.4 is 5.32 Å². The molecular formula is C17H20ClNO2. The number of benzene rings is 1. The van der Waals surface area contributed by atoms with Crippen molar-refractivity contribution in [2.24, 2.45) is 5.92 Å². The van der Waals surface area contributed by atoms with E-state index in [2.05, 4.69) is 11.9 Å². The largest absolute Gasteiger partial charge is 0.325 e. The quantitative estimate of drug-likeness (QED) is 0.344. The average Bonchev–Trinajstić information content (AvgIpc) is 2.50. The van der Waals surface area contributed by atoms with Crippen LogP contribution in [0.2, 0.25) is 0 Å². The van der Waals surface area contributed by atoms with Gasteiger partial charge in [0.25, 0.3) is 0 Å². The van der Waals surface area contributed by atoms with E-state index < -0.39 is 5.92 Å². The monoisotopic (exact) mass is 305 g/mol. The fourth-order valence-corrected chi connectivity index (χ4v) is 1.98. The lowest BCUT2D eigenvalue weighted by Gasteiger charge is -2.13. The molecule has 4 heteroatoms. The van der Waals surface area contributed by atoms with Gasteiger partial charge in [-0.25, -0.2) is 0 Å². The van der Waals surface area contributed by atoms with E-state index in [1.165, 1.54) is 12.2 Å². The Hall–Kier alpha value is -1.87. The van der Waals surface area contributed by atoms with Crippen LogP contribution >= 0.6 is 11.6 Å². The van der Waals surface area contributed by atoms with E-state index in [4.69, 9.17) is 11.6 Å². The number of allylic oxidation sites excluding steroid dienone is 3. The summed E-state index contributed by atoms with van der Waals surface area (Å²) in [7, 11) is 0. The Morgan fingerprint density at radius 1 is 1.43 bits per heavy atom. The van der Waals surface area contributed by atoms with Gasteiger partial charge >= 0.3 is 0 Å². The van der Waals surface area contributed by atoms with Crippen LogP contribution in [0, 0.1) is 5.92 Å². The molecule has 1 aromatic rings. The highest BCUT2D eigenvalue weighted by Gasteiger charge is 2.23. The van der Waals surface area contributed by atoms with Crippen LogP contribution in [0.4, 0.5) is 5.69 Å². The molecule has 1 rings (SSSR count). The van der Waals surface area contributed by atoms with E-state index in [1.807, 2.05) is 25.1 Å². The number of nitrogens with one attached hydrogen (secondary N) is 1. The van der Waals surface area contributed by atoms with Gasteiger partial charge in [-0.3, -0.25) is 9.59 Å². The van der Waals surface area contributed by atoms with Crippen LogP contribution in [0.15, 0.2) is 49.1 Å². The van der Waals surface area contributed by atoms with Gasteiger partial charge in [-0.15, -0.1) is 18.2 Å². The maximum absolute atomic E-state index is 12.3. The third-order valence-corrected chi connectivity index (χ3v) is 3.21. The summed E-state index contributed by atoms with van der Waals surface area (Å²) in [5.41, 5.74) is 1.82. The third kappa shape index (κ3) is 5.56. The Kier molecular flexibility index (Phi) is 7.48. The van der Waals surface area contributed by atoms with E-state index in [1.54, 1.807) is 12.1 Å². The summed E-state index contributed by atoms with van der Waals surface area (Å²) < 4.78 is 0. The molecule has 0 heterocycles. The maximum Gasteiger partial charge on any atom is 0.235 e. The SMILES string of the molecule is C=CCC(C(=O)/C=C\CCl)C(=O)Nc1cccc(CC)c1. The van der Waals surface area contributed by atoms with Crippen LogP contribution in [-0.2, 0) is 16.0 Å². The summed E-state index contributed by atoms with van der Waals surface area (Å²) in [5.74, 6) is -1.12. The lowest BCUT2D eigenvalue weighted by molar-refractivity contribution is -0.128.